The number of nitrogens with one attached hydrogen (secondary N) is 2. The first-order valence-electron chi connectivity index (χ1n) is 7.81. The predicted molar refractivity (Wildman–Crippen MR) is 83.4 cm³/mol. The van der Waals surface area contributed by atoms with Gasteiger partial charge in [-0.1, -0.05) is 38.2 Å². The highest BCUT2D eigenvalue weighted by Crippen LogP contribution is 2.25. The second-order valence-corrected chi connectivity index (χ2v) is 5.71. The molecule has 0 bridgehead atoms. The first kappa shape index (κ1) is 15.5. The zero-order valence-corrected chi connectivity index (χ0v) is 12.7. The zero-order valence-electron chi connectivity index (χ0n) is 12.7. The summed E-state index contributed by atoms with van der Waals surface area (Å²) < 4.78 is 0. The van der Waals surface area contributed by atoms with E-state index in [1.54, 1.807) is 31.3 Å². The van der Waals surface area contributed by atoms with Crippen molar-refractivity contribution in [2.75, 3.05) is 13.6 Å². The number of carbonyl (C=O) groups is 2. The molecule has 0 atom stereocenters. The van der Waals surface area contributed by atoms with E-state index in [9.17, 15) is 9.59 Å². The maximum absolute atomic E-state index is 12.1. The van der Waals surface area contributed by atoms with Crippen molar-refractivity contribution in [3.8, 4) is 0 Å². The number of rotatable bonds is 5. The van der Waals surface area contributed by atoms with Crippen molar-refractivity contribution in [3.05, 3.63) is 35.4 Å². The molecule has 0 aliphatic heterocycles. The third kappa shape index (κ3) is 4.59. The molecule has 0 spiro atoms. The lowest BCUT2D eigenvalue weighted by molar-refractivity contribution is 0.0950. The van der Waals surface area contributed by atoms with Crippen molar-refractivity contribution in [2.24, 2.45) is 5.92 Å². The molecule has 2 rings (SSSR count). The average Bonchev–Trinajstić information content (AvgIpc) is 2.55. The first-order chi connectivity index (χ1) is 10.2. The lowest BCUT2D eigenvalue weighted by atomic mass is 9.87. The maximum Gasteiger partial charge on any atom is 0.251 e. The summed E-state index contributed by atoms with van der Waals surface area (Å²) in [6, 6.07) is 6.81. The van der Waals surface area contributed by atoms with Gasteiger partial charge >= 0.3 is 0 Å². The fourth-order valence-electron chi connectivity index (χ4n) is 2.91. The predicted octanol–water partition coefficient (Wildman–Crippen LogP) is 2.75. The van der Waals surface area contributed by atoms with E-state index in [0.29, 0.717) is 17.7 Å². The van der Waals surface area contributed by atoms with E-state index in [1.807, 2.05) is 0 Å². The summed E-state index contributed by atoms with van der Waals surface area (Å²) in [6.45, 7) is 0.716. The molecular formula is C17H24N2O2. The largest absolute Gasteiger partial charge is 0.355 e. The standard InChI is InChI=1S/C17H24N2O2/c1-18-16(20)14-8-5-9-15(12-14)17(21)19-11-10-13-6-3-2-4-7-13/h5,8-9,12-13H,2-4,6-7,10-11H2,1H3,(H,18,20)(H,19,21). The summed E-state index contributed by atoms with van der Waals surface area (Å²) in [6.07, 6.45) is 7.65. The number of carbonyl (C=O) groups excluding carboxylic acids is 2. The Morgan fingerprint density at radius 3 is 2.43 bits per heavy atom. The fraction of sp³-hybridized carbons (Fsp3) is 0.529. The molecule has 2 N–H and O–H groups in total. The van der Waals surface area contributed by atoms with E-state index in [0.717, 1.165) is 12.3 Å². The van der Waals surface area contributed by atoms with Crippen molar-refractivity contribution in [1.82, 2.24) is 10.6 Å². The third-order valence-electron chi connectivity index (χ3n) is 4.18. The molecule has 1 fully saturated rings. The molecule has 0 heterocycles. The SMILES string of the molecule is CNC(=O)c1cccc(C(=O)NCCC2CCCCC2)c1. The van der Waals surface area contributed by atoms with Crippen molar-refractivity contribution in [2.45, 2.75) is 38.5 Å². The molecule has 4 nitrogen and oxygen atoms in total. The highest BCUT2D eigenvalue weighted by molar-refractivity contribution is 5.99. The number of benzene rings is 1. The van der Waals surface area contributed by atoms with E-state index in [4.69, 9.17) is 0 Å². The Bertz CT molecular complexity index is 493. The highest BCUT2D eigenvalue weighted by Gasteiger charge is 2.14. The average molecular weight is 288 g/mol. The molecule has 0 saturated heterocycles. The van der Waals surface area contributed by atoms with Crippen LogP contribution in [0, 0.1) is 5.92 Å². The van der Waals surface area contributed by atoms with E-state index >= 15 is 0 Å². The summed E-state index contributed by atoms with van der Waals surface area (Å²) in [4.78, 5) is 23.7. The molecule has 1 aromatic carbocycles. The zero-order chi connectivity index (χ0) is 15.1. The summed E-state index contributed by atoms with van der Waals surface area (Å²) >= 11 is 0. The van der Waals surface area contributed by atoms with Gasteiger partial charge < -0.3 is 10.6 Å². The van der Waals surface area contributed by atoms with Gasteiger partial charge in [-0.15, -0.1) is 0 Å². The quantitative estimate of drug-likeness (QED) is 0.875. The van der Waals surface area contributed by atoms with E-state index in [1.165, 1.54) is 32.1 Å². The van der Waals surface area contributed by atoms with E-state index in [2.05, 4.69) is 10.6 Å². The molecule has 0 aromatic heterocycles. The van der Waals surface area contributed by atoms with Crippen LogP contribution in [-0.2, 0) is 0 Å². The summed E-state index contributed by atoms with van der Waals surface area (Å²) in [5.41, 5.74) is 1.05. The smallest absolute Gasteiger partial charge is 0.251 e. The Kier molecular flexibility index (Phi) is 5.78. The van der Waals surface area contributed by atoms with Crippen LogP contribution in [0.25, 0.3) is 0 Å². The van der Waals surface area contributed by atoms with Crippen molar-refractivity contribution < 1.29 is 9.59 Å². The van der Waals surface area contributed by atoms with Gasteiger partial charge in [0, 0.05) is 24.7 Å². The molecule has 114 valence electrons. The Balaban J connectivity index is 1.83. The van der Waals surface area contributed by atoms with Gasteiger partial charge in [-0.3, -0.25) is 9.59 Å². The van der Waals surface area contributed by atoms with Crippen LogP contribution in [0.4, 0.5) is 0 Å². The highest BCUT2D eigenvalue weighted by atomic mass is 16.2. The Hall–Kier alpha value is -1.84. The van der Waals surface area contributed by atoms with Crippen LogP contribution in [0.3, 0.4) is 0 Å². The molecule has 1 aromatic rings. The van der Waals surface area contributed by atoms with Gasteiger partial charge in [0.05, 0.1) is 0 Å². The molecular weight excluding hydrogens is 264 g/mol. The van der Waals surface area contributed by atoms with Crippen LogP contribution < -0.4 is 10.6 Å². The minimum Gasteiger partial charge on any atom is -0.355 e. The van der Waals surface area contributed by atoms with Gasteiger partial charge in [-0.05, 0) is 30.5 Å². The van der Waals surface area contributed by atoms with Crippen LogP contribution in [0.2, 0.25) is 0 Å². The van der Waals surface area contributed by atoms with Crippen LogP contribution in [-0.4, -0.2) is 25.4 Å². The topological polar surface area (TPSA) is 58.2 Å². The van der Waals surface area contributed by atoms with Gasteiger partial charge in [-0.25, -0.2) is 0 Å². The minimum absolute atomic E-state index is 0.100. The van der Waals surface area contributed by atoms with Crippen LogP contribution in [0.15, 0.2) is 24.3 Å². The molecule has 4 heteroatoms. The Morgan fingerprint density at radius 1 is 1.10 bits per heavy atom. The van der Waals surface area contributed by atoms with Gasteiger partial charge in [0.1, 0.15) is 0 Å². The Labute approximate surface area is 126 Å². The summed E-state index contributed by atoms with van der Waals surface area (Å²) in [5, 5.41) is 5.52. The van der Waals surface area contributed by atoms with Crippen LogP contribution >= 0.6 is 0 Å². The number of hydrogen-bond donors (Lipinski definition) is 2. The van der Waals surface area contributed by atoms with Crippen LogP contribution in [0.1, 0.15) is 59.2 Å². The third-order valence-corrected chi connectivity index (χ3v) is 4.18. The number of amides is 2. The summed E-state index contributed by atoms with van der Waals surface area (Å²) in [7, 11) is 1.58. The van der Waals surface area contributed by atoms with E-state index in [-0.39, 0.29) is 11.8 Å². The van der Waals surface area contributed by atoms with Gasteiger partial charge in [-0.2, -0.15) is 0 Å². The maximum atomic E-state index is 12.1. The molecule has 1 aliphatic carbocycles. The molecule has 0 radical (unpaired) electrons. The van der Waals surface area contributed by atoms with Crippen molar-refractivity contribution >= 4 is 11.8 Å². The molecule has 1 aliphatic rings. The van der Waals surface area contributed by atoms with Gasteiger partial charge in [0.15, 0.2) is 0 Å². The lowest BCUT2D eigenvalue weighted by Gasteiger charge is -2.21. The second kappa shape index (κ2) is 7.81. The molecule has 21 heavy (non-hydrogen) atoms. The molecule has 0 unspecified atom stereocenters. The lowest BCUT2D eigenvalue weighted by Crippen LogP contribution is -2.27. The minimum atomic E-state index is -0.174. The molecule has 1 saturated carbocycles. The summed E-state index contributed by atoms with van der Waals surface area (Å²) in [5.74, 6) is 0.486. The van der Waals surface area contributed by atoms with Crippen molar-refractivity contribution in [1.29, 1.82) is 0 Å². The second-order valence-electron chi connectivity index (χ2n) is 5.71. The monoisotopic (exact) mass is 288 g/mol. The normalized spacial score (nSPS) is 15.5. The van der Waals surface area contributed by atoms with Gasteiger partial charge in [0.2, 0.25) is 0 Å². The van der Waals surface area contributed by atoms with E-state index < -0.39 is 0 Å². The Morgan fingerprint density at radius 2 is 1.76 bits per heavy atom. The molecule has 2 amide bonds. The fourth-order valence-corrected chi connectivity index (χ4v) is 2.91. The number of hydrogen-bond acceptors (Lipinski definition) is 2. The van der Waals surface area contributed by atoms with Crippen molar-refractivity contribution in [3.63, 3.8) is 0 Å². The van der Waals surface area contributed by atoms with Gasteiger partial charge in [0.25, 0.3) is 11.8 Å². The van der Waals surface area contributed by atoms with Crippen LogP contribution in [0.5, 0.6) is 0 Å². The first-order valence-corrected chi connectivity index (χ1v) is 7.81.